The van der Waals surface area contributed by atoms with E-state index in [0.717, 1.165) is 80.5 Å². The van der Waals surface area contributed by atoms with Crippen LogP contribution in [0.4, 0.5) is 11.5 Å². The summed E-state index contributed by atoms with van der Waals surface area (Å²) in [4.78, 5) is 37.8. The molecule has 0 spiro atoms. The van der Waals surface area contributed by atoms with Crippen molar-refractivity contribution in [3.8, 4) is 0 Å². The third kappa shape index (κ3) is 4.09. The van der Waals surface area contributed by atoms with Gasteiger partial charge in [-0.1, -0.05) is 6.07 Å². The molecule has 2 aliphatic heterocycles. The van der Waals surface area contributed by atoms with Gasteiger partial charge in [0.1, 0.15) is 11.3 Å². The van der Waals surface area contributed by atoms with Crippen LogP contribution in [0.25, 0.3) is 11.2 Å². The number of aryl methyl sites for hydroxylation is 2. The highest BCUT2D eigenvalue weighted by Gasteiger charge is 2.31. The number of amides is 1. The molecule has 3 aromatic rings. The molecule has 0 aliphatic carbocycles. The van der Waals surface area contributed by atoms with Crippen LogP contribution in [-0.2, 0) is 4.79 Å². The smallest absolute Gasteiger partial charge is 0.225 e. The molecular weight excluding hydrogens is 402 g/mol. The lowest BCUT2D eigenvalue weighted by Crippen LogP contribution is -2.51. The highest BCUT2D eigenvalue weighted by molar-refractivity contribution is 5.80. The molecule has 2 aliphatic rings. The summed E-state index contributed by atoms with van der Waals surface area (Å²) in [7, 11) is 0. The maximum Gasteiger partial charge on any atom is 0.225 e. The van der Waals surface area contributed by atoms with Crippen LogP contribution in [-0.4, -0.2) is 70.0 Å². The number of nitrogens with zero attached hydrogens (tertiary/aromatic N) is 7. The van der Waals surface area contributed by atoms with Crippen molar-refractivity contribution in [3.63, 3.8) is 0 Å². The lowest BCUT2D eigenvalue weighted by Gasteiger charge is -2.39. The van der Waals surface area contributed by atoms with Crippen molar-refractivity contribution >= 4 is 28.6 Å². The van der Waals surface area contributed by atoms with Gasteiger partial charge in [0.25, 0.3) is 0 Å². The average molecular weight is 432 g/mol. The maximum atomic E-state index is 13.1. The maximum absolute atomic E-state index is 13.1. The molecule has 3 aromatic heterocycles. The second-order valence-corrected chi connectivity index (χ2v) is 8.69. The van der Waals surface area contributed by atoms with Gasteiger partial charge in [-0.2, -0.15) is 0 Å². The monoisotopic (exact) mass is 431 g/mol. The van der Waals surface area contributed by atoms with Crippen molar-refractivity contribution in [2.45, 2.75) is 26.7 Å². The Bertz CT molecular complexity index is 1100. The molecule has 0 bridgehead atoms. The van der Waals surface area contributed by atoms with Gasteiger partial charge in [-0.05, 0) is 44.9 Å². The number of rotatable bonds is 3. The van der Waals surface area contributed by atoms with E-state index in [0.29, 0.717) is 11.6 Å². The average Bonchev–Trinajstić information content (AvgIpc) is 2.85. The van der Waals surface area contributed by atoms with E-state index in [1.165, 1.54) is 0 Å². The molecule has 0 N–H and O–H groups in total. The lowest BCUT2D eigenvalue weighted by atomic mass is 9.94. The first-order valence-corrected chi connectivity index (χ1v) is 11.4. The number of aromatic nitrogens is 4. The van der Waals surface area contributed by atoms with Gasteiger partial charge < -0.3 is 14.7 Å². The van der Waals surface area contributed by atoms with Crippen molar-refractivity contribution in [2.24, 2.45) is 5.92 Å². The number of carbonyl (C=O) groups excluding carboxylic acids is 1. The third-order valence-electron chi connectivity index (χ3n) is 6.69. The van der Waals surface area contributed by atoms with Gasteiger partial charge in [0, 0.05) is 51.4 Å². The van der Waals surface area contributed by atoms with Gasteiger partial charge in [-0.15, -0.1) is 0 Å². The summed E-state index contributed by atoms with van der Waals surface area (Å²) in [5.74, 6) is 1.40. The van der Waals surface area contributed by atoms with Crippen molar-refractivity contribution in [3.05, 3.63) is 48.0 Å². The quantitative estimate of drug-likeness (QED) is 0.631. The highest BCUT2D eigenvalue weighted by Crippen LogP contribution is 2.26. The van der Waals surface area contributed by atoms with Crippen LogP contribution in [0.2, 0.25) is 0 Å². The predicted octanol–water partition coefficient (Wildman–Crippen LogP) is 2.60. The van der Waals surface area contributed by atoms with Crippen LogP contribution in [0.5, 0.6) is 0 Å². The van der Waals surface area contributed by atoms with Crippen molar-refractivity contribution < 1.29 is 4.79 Å². The summed E-state index contributed by atoms with van der Waals surface area (Å²) in [5.41, 5.74) is 4.42. The minimum absolute atomic E-state index is 0.103. The molecule has 5 heterocycles. The first-order valence-electron chi connectivity index (χ1n) is 11.4. The van der Waals surface area contributed by atoms with Crippen molar-refractivity contribution in [2.75, 3.05) is 49.1 Å². The van der Waals surface area contributed by atoms with Gasteiger partial charge >= 0.3 is 0 Å². The van der Waals surface area contributed by atoms with E-state index in [2.05, 4.69) is 35.8 Å². The van der Waals surface area contributed by atoms with E-state index < -0.39 is 0 Å². The minimum atomic E-state index is 0.103. The number of fused-ring (bicyclic) bond motifs is 1. The fraction of sp³-hybridized carbons (Fsp3) is 0.458. The molecule has 0 unspecified atom stereocenters. The Morgan fingerprint density at radius 2 is 1.66 bits per heavy atom. The summed E-state index contributed by atoms with van der Waals surface area (Å²) in [6.45, 7) is 8.85. The molecule has 0 aromatic carbocycles. The molecule has 32 heavy (non-hydrogen) atoms. The third-order valence-corrected chi connectivity index (χ3v) is 6.69. The van der Waals surface area contributed by atoms with Crippen molar-refractivity contribution in [1.29, 1.82) is 0 Å². The second kappa shape index (κ2) is 8.68. The number of piperazine rings is 1. The Morgan fingerprint density at radius 3 is 2.38 bits per heavy atom. The molecule has 1 amide bonds. The molecule has 0 saturated carbocycles. The van der Waals surface area contributed by atoms with Gasteiger partial charge in [0.05, 0.1) is 23.3 Å². The Hall–Kier alpha value is -3.29. The summed E-state index contributed by atoms with van der Waals surface area (Å²) >= 11 is 0. The van der Waals surface area contributed by atoms with E-state index >= 15 is 0 Å². The topological polar surface area (TPSA) is 78.4 Å². The number of pyridine rings is 2. The first kappa shape index (κ1) is 20.6. The van der Waals surface area contributed by atoms with E-state index in [1.54, 1.807) is 0 Å². The molecule has 2 fully saturated rings. The van der Waals surface area contributed by atoms with Crippen LogP contribution >= 0.6 is 0 Å². The van der Waals surface area contributed by atoms with Gasteiger partial charge in [0.2, 0.25) is 5.91 Å². The fourth-order valence-electron chi connectivity index (χ4n) is 4.62. The summed E-state index contributed by atoms with van der Waals surface area (Å²) < 4.78 is 0. The normalized spacial score (nSPS) is 17.8. The van der Waals surface area contributed by atoms with Crippen LogP contribution in [0.1, 0.15) is 24.2 Å². The Morgan fingerprint density at radius 1 is 0.906 bits per heavy atom. The number of piperidine rings is 1. The lowest BCUT2D eigenvalue weighted by molar-refractivity contribution is -0.136. The molecule has 0 radical (unpaired) electrons. The Labute approximate surface area is 188 Å². The van der Waals surface area contributed by atoms with Crippen LogP contribution < -0.4 is 9.80 Å². The summed E-state index contributed by atoms with van der Waals surface area (Å²) in [5, 5.41) is 0. The highest BCUT2D eigenvalue weighted by atomic mass is 16.2. The predicted molar refractivity (Wildman–Crippen MR) is 125 cm³/mol. The number of anilines is 2. The van der Waals surface area contributed by atoms with Gasteiger partial charge in [-0.3, -0.25) is 4.79 Å². The van der Waals surface area contributed by atoms with Crippen LogP contribution in [0.15, 0.2) is 36.7 Å². The molecule has 2 saturated heterocycles. The first-order chi connectivity index (χ1) is 15.6. The molecular formula is C24H29N7O. The zero-order chi connectivity index (χ0) is 22.1. The van der Waals surface area contributed by atoms with Crippen molar-refractivity contribution in [1.82, 2.24) is 24.8 Å². The van der Waals surface area contributed by atoms with E-state index in [4.69, 9.17) is 0 Å². The summed E-state index contributed by atoms with van der Waals surface area (Å²) in [6, 6.07) is 8.04. The van der Waals surface area contributed by atoms with E-state index in [9.17, 15) is 4.79 Å². The van der Waals surface area contributed by atoms with E-state index in [1.807, 2.05) is 49.3 Å². The molecule has 166 valence electrons. The fourth-order valence-corrected chi connectivity index (χ4v) is 4.62. The zero-order valence-corrected chi connectivity index (χ0v) is 18.7. The van der Waals surface area contributed by atoms with Crippen LogP contribution in [0, 0.1) is 19.8 Å². The minimum Gasteiger partial charge on any atom is -0.370 e. The molecule has 8 heteroatoms. The van der Waals surface area contributed by atoms with E-state index in [-0.39, 0.29) is 5.92 Å². The van der Waals surface area contributed by atoms with Crippen LogP contribution in [0.3, 0.4) is 0 Å². The molecule has 8 nitrogen and oxygen atoms in total. The van der Waals surface area contributed by atoms with Gasteiger partial charge in [-0.25, -0.2) is 19.9 Å². The largest absolute Gasteiger partial charge is 0.370 e. The Kier molecular flexibility index (Phi) is 5.59. The number of hydrogen-bond acceptors (Lipinski definition) is 7. The zero-order valence-electron chi connectivity index (χ0n) is 18.7. The summed E-state index contributed by atoms with van der Waals surface area (Å²) in [6.07, 6.45) is 5.44. The second-order valence-electron chi connectivity index (χ2n) is 8.69. The number of carbonyl (C=O) groups is 1. The van der Waals surface area contributed by atoms with Gasteiger partial charge in [0.15, 0.2) is 5.65 Å². The molecule has 0 atom stereocenters. The molecule has 5 rings (SSSR count). The standard InChI is InChI=1S/C24H29N7O/c1-17-18(2)28-23-21(27-17)15-20(16-26-23)29-9-6-19(7-10-29)24(32)31-13-11-30(12-14-31)22-5-3-4-8-25-22/h3-5,8,15-16,19H,6-7,9-14H2,1-2H3. The Balaban J connectivity index is 1.17. The SMILES string of the molecule is Cc1nc2cc(N3CCC(C(=O)N4CCN(c5ccccn5)CC4)CC3)cnc2nc1C. The number of hydrogen-bond donors (Lipinski definition) is 0.